The van der Waals surface area contributed by atoms with Gasteiger partial charge in [-0.15, -0.1) is 0 Å². The van der Waals surface area contributed by atoms with E-state index in [9.17, 15) is 4.39 Å². The Morgan fingerprint density at radius 3 is 3.14 bits per heavy atom. The first-order valence-electron chi connectivity index (χ1n) is 4.91. The molecule has 0 aromatic heterocycles. The molecule has 76 valence electrons. The van der Waals surface area contributed by atoms with Gasteiger partial charge >= 0.3 is 0 Å². The Kier molecular flexibility index (Phi) is 3.11. The molecule has 0 saturated carbocycles. The van der Waals surface area contributed by atoms with Crippen LogP contribution in [0.4, 0.5) is 4.39 Å². The van der Waals surface area contributed by atoms with Gasteiger partial charge in [0.15, 0.2) is 0 Å². The third-order valence-electron chi connectivity index (χ3n) is 2.39. The molecular formula is C11H14FNO. The lowest BCUT2D eigenvalue weighted by Crippen LogP contribution is -2.16. The molecule has 1 aliphatic rings. The topological polar surface area (TPSA) is 21.3 Å². The summed E-state index contributed by atoms with van der Waals surface area (Å²) in [4.78, 5) is 0. The van der Waals surface area contributed by atoms with Crippen LogP contribution >= 0.6 is 0 Å². The van der Waals surface area contributed by atoms with Crippen molar-refractivity contribution >= 4 is 0 Å². The van der Waals surface area contributed by atoms with Gasteiger partial charge in [0.25, 0.3) is 0 Å². The van der Waals surface area contributed by atoms with Gasteiger partial charge in [0.05, 0.1) is 12.7 Å². The van der Waals surface area contributed by atoms with E-state index in [1.54, 1.807) is 6.07 Å². The maximum absolute atomic E-state index is 12.8. The molecule has 1 fully saturated rings. The number of ether oxygens (including phenoxy) is 1. The lowest BCUT2D eigenvalue weighted by atomic mass is 10.2. The van der Waals surface area contributed by atoms with Gasteiger partial charge in [-0.1, -0.05) is 12.1 Å². The molecule has 1 aromatic rings. The average molecular weight is 195 g/mol. The van der Waals surface area contributed by atoms with Crippen LogP contribution in [0.1, 0.15) is 12.0 Å². The van der Waals surface area contributed by atoms with Crippen LogP contribution in [0.2, 0.25) is 0 Å². The van der Waals surface area contributed by atoms with Gasteiger partial charge in [-0.2, -0.15) is 0 Å². The van der Waals surface area contributed by atoms with Crippen LogP contribution in [0, 0.1) is 5.82 Å². The predicted molar refractivity (Wildman–Crippen MR) is 52.5 cm³/mol. The van der Waals surface area contributed by atoms with Gasteiger partial charge < -0.3 is 10.1 Å². The van der Waals surface area contributed by atoms with Crippen molar-refractivity contribution < 1.29 is 9.13 Å². The minimum absolute atomic E-state index is 0.198. The van der Waals surface area contributed by atoms with Crippen molar-refractivity contribution in [2.45, 2.75) is 19.1 Å². The van der Waals surface area contributed by atoms with Crippen molar-refractivity contribution in [3.63, 3.8) is 0 Å². The molecule has 1 aliphatic heterocycles. The van der Waals surface area contributed by atoms with E-state index in [1.165, 1.54) is 12.1 Å². The second-order valence-corrected chi connectivity index (χ2v) is 3.56. The average Bonchev–Trinajstić information content (AvgIpc) is 2.67. The molecule has 2 nitrogen and oxygen atoms in total. The van der Waals surface area contributed by atoms with E-state index in [-0.39, 0.29) is 5.82 Å². The molecule has 0 spiro atoms. The highest BCUT2D eigenvalue weighted by molar-refractivity contribution is 5.15. The van der Waals surface area contributed by atoms with E-state index in [0.717, 1.165) is 25.1 Å². The van der Waals surface area contributed by atoms with Crippen LogP contribution < -0.4 is 5.32 Å². The highest BCUT2D eigenvalue weighted by Crippen LogP contribution is 2.09. The minimum Gasteiger partial charge on any atom is -0.372 e. The van der Waals surface area contributed by atoms with Gasteiger partial charge in [0, 0.05) is 6.54 Å². The Balaban J connectivity index is 1.85. The molecule has 2 rings (SSSR count). The van der Waals surface area contributed by atoms with E-state index in [1.807, 2.05) is 6.07 Å². The standard InChI is InChI=1S/C11H14FNO/c12-10-3-1-2-9(6-10)8-14-11-4-5-13-7-11/h1-3,6,11,13H,4-5,7-8H2/t11-/m0/s1. The van der Waals surface area contributed by atoms with Gasteiger partial charge in [-0.25, -0.2) is 4.39 Å². The Hall–Kier alpha value is -0.930. The first-order valence-corrected chi connectivity index (χ1v) is 4.91. The zero-order valence-electron chi connectivity index (χ0n) is 8.00. The van der Waals surface area contributed by atoms with Crippen molar-refractivity contribution in [2.24, 2.45) is 0 Å². The lowest BCUT2D eigenvalue weighted by Gasteiger charge is -2.10. The molecule has 1 aromatic carbocycles. The van der Waals surface area contributed by atoms with Crippen LogP contribution in [0.25, 0.3) is 0 Å². The van der Waals surface area contributed by atoms with E-state index in [0.29, 0.717) is 12.7 Å². The summed E-state index contributed by atoms with van der Waals surface area (Å²) in [6.07, 6.45) is 1.34. The molecule has 0 bridgehead atoms. The highest BCUT2D eigenvalue weighted by Gasteiger charge is 2.14. The van der Waals surface area contributed by atoms with Crippen molar-refractivity contribution in [1.82, 2.24) is 5.32 Å². The molecule has 1 N–H and O–H groups in total. The summed E-state index contributed by atoms with van der Waals surface area (Å²) >= 11 is 0. The fourth-order valence-electron chi connectivity index (χ4n) is 1.61. The fraction of sp³-hybridized carbons (Fsp3) is 0.455. The van der Waals surface area contributed by atoms with E-state index < -0.39 is 0 Å². The molecular weight excluding hydrogens is 181 g/mol. The zero-order valence-corrected chi connectivity index (χ0v) is 8.00. The second kappa shape index (κ2) is 4.53. The van der Waals surface area contributed by atoms with Gasteiger partial charge in [-0.3, -0.25) is 0 Å². The molecule has 14 heavy (non-hydrogen) atoms. The largest absolute Gasteiger partial charge is 0.372 e. The highest BCUT2D eigenvalue weighted by atomic mass is 19.1. The van der Waals surface area contributed by atoms with Gasteiger partial charge in [0.1, 0.15) is 5.82 Å². The predicted octanol–water partition coefficient (Wildman–Crippen LogP) is 1.70. The van der Waals surface area contributed by atoms with Crippen LogP contribution in [0.5, 0.6) is 0 Å². The number of benzene rings is 1. The van der Waals surface area contributed by atoms with Crippen molar-refractivity contribution in [3.8, 4) is 0 Å². The van der Waals surface area contributed by atoms with Crippen LogP contribution in [0.3, 0.4) is 0 Å². The quantitative estimate of drug-likeness (QED) is 0.792. The molecule has 1 heterocycles. The van der Waals surface area contributed by atoms with E-state index in [2.05, 4.69) is 5.32 Å². The summed E-state index contributed by atoms with van der Waals surface area (Å²) in [5, 5.41) is 3.22. The monoisotopic (exact) mass is 195 g/mol. The number of hydrogen-bond donors (Lipinski definition) is 1. The van der Waals surface area contributed by atoms with Crippen molar-refractivity contribution in [2.75, 3.05) is 13.1 Å². The summed E-state index contributed by atoms with van der Waals surface area (Å²) in [7, 11) is 0. The zero-order chi connectivity index (χ0) is 9.80. The van der Waals surface area contributed by atoms with Crippen LogP contribution in [-0.2, 0) is 11.3 Å². The van der Waals surface area contributed by atoms with Crippen molar-refractivity contribution in [3.05, 3.63) is 35.6 Å². The third kappa shape index (κ3) is 2.53. The van der Waals surface area contributed by atoms with Crippen molar-refractivity contribution in [1.29, 1.82) is 0 Å². The Morgan fingerprint density at radius 2 is 2.43 bits per heavy atom. The summed E-state index contributed by atoms with van der Waals surface area (Å²) in [5.74, 6) is -0.198. The minimum atomic E-state index is -0.198. The first kappa shape index (κ1) is 9.62. The van der Waals surface area contributed by atoms with Gasteiger partial charge in [-0.05, 0) is 30.7 Å². The molecule has 0 aliphatic carbocycles. The first-order chi connectivity index (χ1) is 6.84. The summed E-state index contributed by atoms with van der Waals surface area (Å²) in [5.41, 5.74) is 0.900. The van der Waals surface area contributed by atoms with E-state index in [4.69, 9.17) is 4.74 Å². The SMILES string of the molecule is Fc1cccc(CO[C@H]2CCNC2)c1. The molecule has 3 heteroatoms. The molecule has 0 amide bonds. The summed E-state index contributed by atoms with van der Waals surface area (Å²) in [6, 6.07) is 6.55. The van der Waals surface area contributed by atoms with Crippen LogP contribution in [0.15, 0.2) is 24.3 Å². The number of hydrogen-bond acceptors (Lipinski definition) is 2. The summed E-state index contributed by atoms with van der Waals surface area (Å²) < 4.78 is 18.4. The normalized spacial score (nSPS) is 21.4. The fourth-order valence-corrected chi connectivity index (χ4v) is 1.61. The van der Waals surface area contributed by atoms with Gasteiger partial charge in [0.2, 0.25) is 0 Å². The second-order valence-electron chi connectivity index (χ2n) is 3.56. The smallest absolute Gasteiger partial charge is 0.123 e. The van der Waals surface area contributed by atoms with Crippen LogP contribution in [-0.4, -0.2) is 19.2 Å². The molecule has 1 saturated heterocycles. The summed E-state index contributed by atoms with van der Waals surface area (Å²) in [6.45, 7) is 2.44. The molecule has 1 atom stereocenters. The Morgan fingerprint density at radius 1 is 1.50 bits per heavy atom. The number of rotatable bonds is 3. The van der Waals surface area contributed by atoms with E-state index >= 15 is 0 Å². The Bertz CT molecular complexity index is 297. The molecule has 0 radical (unpaired) electrons. The maximum Gasteiger partial charge on any atom is 0.123 e. The third-order valence-corrected chi connectivity index (χ3v) is 2.39. The Labute approximate surface area is 83.1 Å². The maximum atomic E-state index is 12.8. The molecule has 0 unspecified atom stereocenters. The number of halogens is 1. The lowest BCUT2D eigenvalue weighted by molar-refractivity contribution is 0.0541. The number of nitrogens with one attached hydrogen (secondary N) is 1.